The second-order valence-corrected chi connectivity index (χ2v) is 8.55. The van der Waals surface area contributed by atoms with E-state index in [2.05, 4.69) is 4.72 Å². The van der Waals surface area contributed by atoms with Gasteiger partial charge in [0.15, 0.2) is 0 Å². The first-order chi connectivity index (χ1) is 11.1. The number of aliphatic hydroxyl groups is 1. The van der Waals surface area contributed by atoms with Crippen molar-refractivity contribution in [2.45, 2.75) is 49.8 Å². The largest absolute Gasteiger partial charge is 0.444 e. The predicted molar refractivity (Wildman–Crippen MR) is 89.0 cm³/mol. The fourth-order valence-electron chi connectivity index (χ4n) is 2.61. The van der Waals surface area contributed by atoms with Crippen LogP contribution in [-0.2, 0) is 14.8 Å². The third-order valence-electron chi connectivity index (χ3n) is 3.63. The second kappa shape index (κ2) is 7.08. The lowest BCUT2D eigenvalue weighted by Crippen LogP contribution is -2.42. The van der Waals surface area contributed by atoms with Crippen molar-refractivity contribution in [3.8, 4) is 0 Å². The van der Waals surface area contributed by atoms with Crippen molar-refractivity contribution in [3.63, 3.8) is 0 Å². The van der Waals surface area contributed by atoms with Crippen LogP contribution in [0.3, 0.4) is 0 Å². The molecule has 7 nitrogen and oxygen atoms in total. The maximum Gasteiger partial charge on any atom is 0.410 e. The SMILES string of the molecule is CC(C)(C)OC(=O)N1C[C@@H](NS(=O)(=O)c2ccccc2)C[C@H]1CO. The summed E-state index contributed by atoms with van der Waals surface area (Å²) >= 11 is 0. The molecule has 0 saturated carbocycles. The van der Waals surface area contributed by atoms with E-state index in [1.165, 1.54) is 17.0 Å². The molecule has 0 aromatic heterocycles. The van der Waals surface area contributed by atoms with Crippen LogP contribution in [0.5, 0.6) is 0 Å². The van der Waals surface area contributed by atoms with Gasteiger partial charge in [-0.15, -0.1) is 0 Å². The lowest BCUT2D eigenvalue weighted by Gasteiger charge is -2.27. The minimum Gasteiger partial charge on any atom is -0.444 e. The smallest absolute Gasteiger partial charge is 0.410 e. The van der Waals surface area contributed by atoms with Crippen molar-refractivity contribution in [2.75, 3.05) is 13.2 Å². The Morgan fingerprint density at radius 3 is 2.50 bits per heavy atom. The molecule has 1 aliphatic heterocycles. The number of rotatable bonds is 4. The van der Waals surface area contributed by atoms with E-state index in [0.717, 1.165) is 0 Å². The Labute approximate surface area is 142 Å². The van der Waals surface area contributed by atoms with Crippen molar-refractivity contribution in [3.05, 3.63) is 30.3 Å². The number of hydrogen-bond acceptors (Lipinski definition) is 5. The summed E-state index contributed by atoms with van der Waals surface area (Å²) in [6, 6.07) is 7.10. The number of carbonyl (C=O) groups is 1. The zero-order valence-corrected chi connectivity index (χ0v) is 14.9. The lowest BCUT2D eigenvalue weighted by molar-refractivity contribution is 0.0174. The summed E-state index contributed by atoms with van der Waals surface area (Å²) in [5, 5.41) is 9.49. The summed E-state index contributed by atoms with van der Waals surface area (Å²) in [5.41, 5.74) is -0.654. The highest BCUT2D eigenvalue weighted by Crippen LogP contribution is 2.22. The van der Waals surface area contributed by atoms with E-state index in [1.807, 2.05) is 0 Å². The topological polar surface area (TPSA) is 95.9 Å². The molecule has 134 valence electrons. The summed E-state index contributed by atoms with van der Waals surface area (Å²) in [5.74, 6) is 0. The van der Waals surface area contributed by atoms with Gasteiger partial charge in [0.25, 0.3) is 0 Å². The highest BCUT2D eigenvalue weighted by molar-refractivity contribution is 7.89. The highest BCUT2D eigenvalue weighted by atomic mass is 32.2. The molecule has 1 aromatic rings. The molecule has 0 spiro atoms. The molecule has 0 radical (unpaired) electrons. The number of ether oxygens (including phenoxy) is 1. The molecule has 0 bridgehead atoms. The second-order valence-electron chi connectivity index (χ2n) is 6.84. The maximum absolute atomic E-state index is 12.4. The maximum atomic E-state index is 12.4. The van der Waals surface area contributed by atoms with Gasteiger partial charge in [0.05, 0.1) is 17.5 Å². The van der Waals surface area contributed by atoms with E-state index in [4.69, 9.17) is 4.74 Å². The molecule has 1 fully saturated rings. The van der Waals surface area contributed by atoms with Crippen molar-refractivity contribution in [1.82, 2.24) is 9.62 Å². The summed E-state index contributed by atoms with van der Waals surface area (Å²) in [6.07, 6.45) is -0.218. The number of hydrogen-bond donors (Lipinski definition) is 2. The molecule has 0 aliphatic carbocycles. The highest BCUT2D eigenvalue weighted by Gasteiger charge is 2.38. The lowest BCUT2D eigenvalue weighted by atomic mass is 10.2. The predicted octanol–water partition coefficient (Wildman–Crippen LogP) is 1.34. The molecule has 0 unspecified atom stereocenters. The molecule has 1 aliphatic rings. The molecule has 24 heavy (non-hydrogen) atoms. The summed E-state index contributed by atoms with van der Waals surface area (Å²) < 4.78 is 32.7. The molecular formula is C16H24N2O5S. The minimum atomic E-state index is -3.67. The quantitative estimate of drug-likeness (QED) is 0.849. The molecule has 8 heteroatoms. The van der Waals surface area contributed by atoms with Crippen LogP contribution in [-0.4, -0.2) is 55.4 Å². The third-order valence-corrected chi connectivity index (χ3v) is 5.16. The number of carbonyl (C=O) groups excluding carboxylic acids is 1. The fourth-order valence-corrected chi connectivity index (χ4v) is 3.87. The van der Waals surface area contributed by atoms with E-state index in [-0.39, 0.29) is 18.0 Å². The van der Waals surface area contributed by atoms with Gasteiger partial charge in [0.2, 0.25) is 10.0 Å². The van der Waals surface area contributed by atoms with Crippen LogP contribution in [0, 0.1) is 0 Å². The standard InChI is InChI=1S/C16H24N2O5S/c1-16(2,3)23-15(20)18-10-12(9-13(18)11-19)17-24(21,22)14-7-5-4-6-8-14/h4-8,12-13,17,19H,9-11H2,1-3H3/t12-,13-/m0/s1. The molecule has 1 aromatic carbocycles. The number of nitrogens with one attached hydrogen (secondary N) is 1. The van der Waals surface area contributed by atoms with Gasteiger partial charge >= 0.3 is 6.09 Å². The molecule has 1 amide bonds. The van der Waals surface area contributed by atoms with Gasteiger partial charge in [-0.25, -0.2) is 17.9 Å². The van der Waals surface area contributed by atoms with Gasteiger partial charge in [-0.05, 0) is 39.3 Å². The first kappa shape index (κ1) is 18.7. The van der Waals surface area contributed by atoms with E-state index >= 15 is 0 Å². The van der Waals surface area contributed by atoms with Crippen LogP contribution in [0.25, 0.3) is 0 Å². The van der Waals surface area contributed by atoms with E-state index in [1.54, 1.807) is 39.0 Å². The average Bonchev–Trinajstić information content (AvgIpc) is 2.89. The Bertz CT molecular complexity index is 669. The number of benzene rings is 1. The molecule has 1 heterocycles. The van der Waals surface area contributed by atoms with Crippen molar-refractivity contribution >= 4 is 16.1 Å². The van der Waals surface area contributed by atoms with Gasteiger partial charge < -0.3 is 14.7 Å². The van der Waals surface area contributed by atoms with Crippen LogP contribution >= 0.6 is 0 Å². The van der Waals surface area contributed by atoms with Gasteiger partial charge in [-0.2, -0.15) is 0 Å². The van der Waals surface area contributed by atoms with E-state index in [0.29, 0.717) is 6.42 Å². The number of sulfonamides is 1. The van der Waals surface area contributed by atoms with Crippen molar-refractivity contribution in [2.24, 2.45) is 0 Å². The Kier molecular flexibility index (Phi) is 5.52. The first-order valence-corrected chi connectivity index (χ1v) is 9.28. The molecule has 2 atom stereocenters. The molecular weight excluding hydrogens is 332 g/mol. The molecule has 2 N–H and O–H groups in total. The van der Waals surface area contributed by atoms with Crippen molar-refractivity contribution in [1.29, 1.82) is 0 Å². The zero-order valence-electron chi connectivity index (χ0n) is 14.1. The zero-order chi connectivity index (χ0) is 18.0. The number of likely N-dealkylation sites (tertiary alicyclic amines) is 1. The van der Waals surface area contributed by atoms with Crippen LogP contribution in [0.1, 0.15) is 27.2 Å². The van der Waals surface area contributed by atoms with Crippen LogP contribution < -0.4 is 4.72 Å². The van der Waals surface area contributed by atoms with Crippen LogP contribution in [0.15, 0.2) is 35.2 Å². The van der Waals surface area contributed by atoms with Gasteiger partial charge in [0.1, 0.15) is 5.60 Å². The Morgan fingerprint density at radius 2 is 1.96 bits per heavy atom. The monoisotopic (exact) mass is 356 g/mol. The van der Waals surface area contributed by atoms with Crippen LogP contribution in [0.2, 0.25) is 0 Å². The van der Waals surface area contributed by atoms with Crippen molar-refractivity contribution < 1.29 is 23.1 Å². The Hall–Kier alpha value is -1.64. The average molecular weight is 356 g/mol. The Balaban J connectivity index is 2.08. The van der Waals surface area contributed by atoms with E-state index < -0.39 is 33.8 Å². The summed E-state index contributed by atoms with van der Waals surface area (Å²) in [7, 11) is -3.67. The molecule has 2 rings (SSSR count). The first-order valence-electron chi connectivity index (χ1n) is 7.80. The van der Waals surface area contributed by atoms with E-state index in [9.17, 15) is 18.3 Å². The van der Waals surface area contributed by atoms with Gasteiger partial charge in [0, 0.05) is 12.6 Å². The fraction of sp³-hybridized carbons (Fsp3) is 0.562. The minimum absolute atomic E-state index is 0.159. The van der Waals surface area contributed by atoms with Crippen LogP contribution in [0.4, 0.5) is 4.79 Å². The van der Waals surface area contributed by atoms with Gasteiger partial charge in [-0.3, -0.25) is 0 Å². The number of amides is 1. The number of nitrogens with zero attached hydrogens (tertiary/aromatic N) is 1. The van der Waals surface area contributed by atoms with Gasteiger partial charge in [-0.1, -0.05) is 18.2 Å². The summed E-state index contributed by atoms with van der Waals surface area (Å²) in [4.78, 5) is 13.8. The Morgan fingerprint density at radius 1 is 1.33 bits per heavy atom. The number of aliphatic hydroxyl groups excluding tert-OH is 1. The normalized spacial score (nSPS) is 21.8. The molecule has 1 saturated heterocycles. The summed E-state index contributed by atoms with van der Waals surface area (Å²) in [6.45, 7) is 5.18. The third kappa shape index (κ3) is 4.68.